The van der Waals surface area contributed by atoms with Crippen molar-refractivity contribution >= 4 is 34.2 Å². The second kappa shape index (κ2) is 4.86. The predicted octanol–water partition coefficient (Wildman–Crippen LogP) is 4.02. The largest absolute Gasteiger partial charge is 0.331 e. The molecule has 0 saturated heterocycles. The van der Waals surface area contributed by atoms with E-state index in [1.807, 2.05) is 0 Å². The SMILES string of the molecule is CC1(C)CN=C(Nc2c(F)cccc2Cl)SC1. The zero-order chi connectivity index (χ0) is 12.5. The molecule has 1 aliphatic rings. The van der Waals surface area contributed by atoms with E-state index in [0.717, 1.165) is 17.5 Å². The molecular formula is C12H14ClFN2S. The van der Waals surface area contributed by atoms with Crippen LogP contribution in [0, 0.1) is 11.2 Å². The molecule has 0 aromatic heterocycles. The van der Waals surface area contributed by atoms with E-state index in [4.69, 9.17) is 11.6 Å². The summed E-state index contributed by atoms with van der Waals surface area (Å²) in [6, 6.07) is 4.62. The van der Waals surface area contributed by atoms with Crippen molar-refractivity contribution in [3.63, 3.8) is 0 Å². The number of amidine groups is 1. The van der Waals surface area contributed by atoms with Crippen LogP contribution in [0.15, 0.2) is 23.2 Å². The number of aliphatic imine (C=N–C) groups is 1. The fraction of sp³-hybridized carbons (Fsp3) is 0.417. The molecule has 0 atom stereocenters. The standard InChI is InChI=1S/C12H14ClFN2S/c1-12(2)6-15-11(17-7-12)16-10-8(13)4-3-5-9(10)14/h3-5H,6-7H2,1-2H3,(H,15,16). The van der Waals surface area contributed by atoms with Crippen LogP contribution in [0.25, 0.3) is 0 Å². The summed E-state index contributed by atoms with van der Waals surface area (Å²) in [5.41, 5.74) is 0.509. The van der Waals surface area contributed by atoms with Crippen molar-refractivity contribution < 1.29 is 4.39 Å². The summed E-state index contributed by atoms with van der Waals surface area (Å²) < 4.78 is 13.5. The third-order valence-electron chi connectivity index (χ3n) is 2.45. The fourth-order valence-corrected chi connectivity index (χ4v) is 2.60. The molecule has 92 valence electrons. The van der Waals surface area contributed by atoms with Gasteiger partial charge in [-0.2, -0.15) is 0 Å². The third kappa shape index (κ3) is 3.13. The minimum atomic E-state index is -0.356. The zero-order valence-electron chi connectivity index (χ0n) is 9.76. The number of para-hydroxylation sites is 1. The first-order valence-electron chi connectivity index (χ1n) is 5.36. The summed E-state index contributed by atoms with van der Waals surface area (Å²) in [4.78, 5) is 4.40. The van der Waals surface area contributed by atoms with Gasteiger partial charge in [-0.25, -0.2) is 4.39 Å². The Hall–Kier alpha value is -0.740. The summed E-state index contributed by atoms with van der Waals surface area (Å²) in [6.45, 7) is 5.07. The molecule has 0 fully saturated rings. The van der Waals surface area contributed by atoms with Gasteiger partial charge in [0.1, 0.15) is 5.82 Å². The van der Waals surface area contributed by atoms with E-state index in [1.54, 1.807) is 23.9 Å². The maximum Gasteiger partial charge on any atom is 0.161 e. The molecule has 1 heterocycles. The molecule has 0 radical (unpaired) electrons. The molecule has 2 rings (SSSR count). The van der Waals surface area contributed by atoms with Crippen molar-refractivity contribution in [2.75, 3.05) is 17.6 Å². The van der Waals surface area contributed by atoms with Crippen LogP contribution in [0.4, 0.5) is 10.1 Å². The van der Waals surface area contributed by atoms with Crippen molar-refractivity contribution in [2.24, 2.45) is 10.4 Å². The molecule has 0 saturated carbocycles. The molecule has 1 aromatic carbocycles. The van der Waals surface area contributed by atoms with Crippen molar-refractivity contribution in [3.05, 3.63) is 29.0 Å². The van der Waals surface area contributed by atoms with Crippen molar-refractivity contribution in [1.82, 2.24) is 0 Å². The van der Waals surface area contributed by atoms with Gasteiger partial charge in [0, 0.05) is 12.3 Å². The molecular weight excluding hydrogens is 259 g/mol. The number of halogens is 2. The molecule has 1 aromatic rings. The number of benzene rings is 1. The lowest BCUT2D eigenvalue weighted by molar-refractivity contribution is 0.438. The average Bonchev–Trinajstić information content (AvgIpc) is 2.26. The molecule has 17 heavy (non-hydrogen) atoms. The van der Waals surface area contributed by atoms with Crippen LogP contribution in [-0.2, 0) is 0 Å². The molecule has 0 unspecified atom stereocenters. The molecule has 0 aliphatic carbocycles. The van der Waals surface area contributed by atoms with Crippen LogP contribution in [0.5, 0.6) is 0 Å². The van der Waals surface area contributed by atoms with Gasteiger partial charge in [-0.3, -0.25) is 4.99 Å². The van der Waals surface area contributed by atoms with Gasteiger partial charge in [-0.1, -0.05) is 43.3 Å². The first-order valence-corrected chi connectivity index (χ1v) is 6.73. The molecule has 2 nitrogen and oxygen atoms in total. The lowest BCUT2D eigenvalue weighted by Crippen LogP contribution is -2.27. The Kier molecular flexibility index (Phi) is 3.64. The van der Waals surface area contributed by atoms with Crippen LogP contribution < -0.4 is 5.32 Å². The van der Waals surface area contributed by atoms with E-state index in [2.05, 4.69) is 24.2 Å². The first kappa shape index (κ1) is 12.7. The van der Waals surface area contributed by atoms with E-state index in [-0.39, 0.29) is 11.2 Å². The van der Waals surface area contributed by atoms with Crippen molar-refractivity contribution in [3.8, 4) is 0 Å². The highest BCUT2D eigenvalue weighted by molar-refractivity contribution is 8.14. The summed E-state index contributed by atoms with van der Waals surface area (Å²) in [5, 5.41) is 4.07. The third-order valence-corrected chi connectivity index (χ3v) is 4.19. The van der Waals surface area contributed by atoms with Gasteiger partial charge in [0.05, 0.1) is 10.7 Å². The van der Waals surface area contributed by atoms with Crippen LogP contribution in [-0.4, -0.2) is 17.5 Å². The molecule has 0 bridgehead atoms. The number of hydrogen-bond acceptors (Lipinski definition) is 3. The topological polar surface area (TPSA) is 24.4 Å². The Labute approximate surface area is 110 Å². The predicted molar refractivity (Wildman–Crippen MR) is 73.6 cm³/mol. The molecule has 1 N–H and O–H groups in total. The lowest BCUT2D eigenvalue weighted by atomic mass is 9.97. The lowest BCUT2D eigenvalue weighted by Gasteiger charge is -2.27. The summed E-state index contributed by atoms with van der Waals surface area (Å²) in [5.74, 6) is 0.607. The molecule has 0 amide bonds. The second-order valence-corrected chi connectivity index (χ2v) is 6.17. The normalized spacial score (nSPS) is 18.7. The highest BCUT2D eigenvalue weighted by Gasteiger charge is 2.24. The number of hydrogen-bond donors (Lipinski definition) is 1. The summed E-state index contributed by atoms with van der Waals surface area (Å²) >= 11 is 7.53. The molecule has 0 spiro atoms. The van der Waals surface area contributed by atoms with Crippen LogP contribution in [0.3, 0.4) is 0 Å². The van der Waals surface area contributed by atoms with Gasteiger partial charge < -0.3 is 5.32 Å². The number of thioether (sulfide) groups is 1. The Morgan fingerprint density at radius 1 is 1.47 bits per heavy atom. The Balaban J connectivity index is 2.15. The molecule has 1 aliphatic heterocycles. The highest BCUT2D eigenvalue weighted by atomic mass is 35.5. The smallest absolute Gasteiger partial charge is 0.161 e. The average molecular weight is 273 g/mol. The highest BCUT2D eigenvalue weighted by Crippen LogP contribution is 2.31. The Morgan fingerprint density at radius 2 is 2.24 bits per heavy atom. The zero-order valence-corrected chi connectivity index (χ0v) is 11.3. The number of nitrogens with one attached hydrogen (secondary N) is 1. The van der Waals surface area contributed by atoms with Gasteiger partial charge in [0.2, 0.25) is 0 Å². The Bertz CT molecular complexity index is 440. The number of nitrogens with zero attached hydrogens (tertiary/aromatic N) is 1. The number of rotatable bonds is 1. The van der Waals surface area contributed by atoms with Crippen LogP contribution in [0.1, 0.15) is 13.8 Å². The van der Waals surface area contributed by atoms with Crippen molar-refractivity contribution in [1.29, 1.82) is 0 Å². The van der Waals surface area contributed by atoms with Crippen LogP contribution in [0.2, 0.25) is 5.02 Å². The molecule has 5 heteroatoms. The minimum absolute atomic E-state index is 0.203. The summed E-state index contributed by atoms with van der Waals surface area (Å²) in [6.07, 6.45) is 0. The van der Waals surface area contributed by atoms with E-state index in [1.165, 1.54) is 6.07 Å². The Morgan fingerprint density at radius 3 is 2.82 bits per heavy atom. The fourth-order valence-electron chi connectivity index (χ4n) is 1.44. The maximum absolute atomic E-state index is 13.5. The monoisotopic (exact) mass is 272 g/mol. The van der Waals surface area contributed by atoms with Gasteiger partial charge in [0.25, 0.3) is 0 Å². The van der Waals surface area contributed by atoms with E-state index < -0.39 is 0 Å². The van der Waals surface area contributed by atoms with Gasteiger partial charge >= 0.3 is 0 Å². The minimum Gasteiger partial charge on any atom is -0.331 e. The van der Waals surface area contributed by atoms with Gasteiger partial charge in [-0.05, 0) is 17.5 Å². The second-order valence-electron chi connectivity index (χ2n) is 4.80. The van der Waals surface area contributed by atoms with Crippen LogP contribution >= 0.6 is 23.4 Å². The first-order chi connectivity index (χ1) is 7.98. The van der Waals surface area contributed by atoms with Crippen molar-refractivity contribution in [2.45, 2.75) is 13.8 Å². The van der Waals surface area contributed by atoms with Gasteiger partial charge in [0.15, 0.2) is 5.17 Å². The number of anilines is 1. The quantitative estimate of drug-likeness (QED) is 0.835. The van der Waals surface area contributed by atoms with E-state index >= 15 is 0 Å². The summed E-state index contributed by atoms with van der Waals surface area (Å²) in [7, 11) is 0. The van der Waals surface area contributed by atoms with Gasteiger partial charge in [-0.15, -0.1) is 0 Å². The van der Waals surface area contributed by atoms with E-state index in [9.17, 15) is 4.39 Å². The maximum atomic E-state index is 13.5. The van der Waals surface area contributed by atoms with E-state index in [0.29, 0.717) is 10.7 Å².